The molecule has 0 saturated heterocycles. The summed E-state index contributed by atoms with van der Waals surface area (Å²) in [5.74, 6) is -0.250. The van der Waals surface area contributed by atoms with E-state index in [-0.39, 0.29) is 5.91 Å². The molecular formula is C14H16N4OS. The summed E-state index contributed by atoms with van der Waals surface area (Å²) in [6, 6.07) is 0. The first-order valence-corrected chi connectivity index (χ1v) is 7.70. The molecule has 0 radical (unpaired) electrons. The van der Waals surface area contributed by atoms with E-state index in [1.807, 2.05) is 0 Å². The number of carbonyl (C=O) groups is 1. The molecule has 3 rings (SSSR count). The average molecular weight is 288 g/mol. The van der Waals surface area contributed by atoms with Crippen LogP contribution in [0.3, 0.4) is 0 Å². The SMILES string of the molecule is O=C(Nc1nc2c(s1)CCCCCC2)c1cnccn1. The number of nitrogens with one attached hydrogen (secondary N) is 1. The van der Waals surface area contributed by atoms with Gasteiger partial charge in [-0.1, -0.05) is 12.8 Å². The van der Waals surface area contributed by atoms with Gasteiger partial charge in [0.05, 0.1) is 11.9 Å². The van der Waals surface area contributed by atoms with E-state index < -0.39 is 0 Å². The van der Waals surface area contributed by atoms with Gasteiger partial charge in [-0.25, -0.2) is 9.97 Å². The third-order valence-electron chi connectivity index (χ3n) is 3.36. The number of amides is 1. The Balaban J connectivity index is 1.75. The zero-order valence-corrected chi connectivity index (χ0v) is 11.9. The molecule has 2 heterocycles. The molecule has 1 aliphatic carbocycles. The summed E-state index contributed by atoms with van der Waals surface area (Å²) in [7, 11) is 0. The number of thiazole rings is 1. The fourth-order valence-electron chi connectivity index (χ4n) is 2.34. The lowest BCUT2D eigenvalue weighted by Gasteiger charge is -2.06. The first-order valence-electron chi connectivity index (χ1n) is 6.89. The van der Waals surface area contributed by atoms with E-state index in [2.05, 4.69) is 20.3 Å². The van der Waals surface area contributed by atoms with Gasteiger partial charge in [0.15, 0.2) is 5.13 Å². The predicted octanol–water partition coefficient (Wildman–Crippen LogP) is 2.84. The fraction of sp³-hybridized carbons (Fsp3) is 0.429. The van der Waals surface area contributed by atoms with Crippen LogP contribution >= 0.6 is 11.3 Å². The number of nitrogens with zero attached hydrogens (tertiary/aromatic N) is 3. The molecule has 0 saturated carbocycles. The van der Waals surface area contributed by atoms with Crippen LogP contribution in [-0.4, -0.2) is 20.9 Å². The third-order valence-corrected chi connectivity index (χ3v) is 4.43. The summed E-state index contributed by atoms with van der Waals surface area (Å²) in [6.45, 7) is 0. The van der Waals surface area contributed by atoms with Gasteiger partial charge in [0.2, 0.25) is 0 Å². The van der Waals surface area contributed by atoms with Crippen molar-refractivity contribution in [2.75, 3.05) is 5.32 Å². The minimum Gasteiger partial charge on any atom is -0.296 e. The van der Waals surface area contributed by atoms with Crippen LogP contribution in [0.2, 0.25) is 0 Å². The largest absolute Gasteiger partial charge is 0.296 e. The van der Waals surface area contributed by atoms with Crippen molar-refractivity contribution in [3.05, 3.63) is 34.9 Å². The lowest BCUT2D eigenvalue weighted by molar-refractivity contribution is 0.102. The Morgan fingerprint density at radius 3 is 2.80 bits per heavy atom. The molecule has 0 spiro atoms. The highest BCUT2D eigenvalue weighted by atomic mass is 32.1. The molecule has 104 valence electrons. The van der Waals surface area contributed by atoms with E-state index in [9.17, 15) is 4.79 Å². The van der Waals surface area contributed by atoms with Crippen LogP contribution in [-0.2, 0) is 12.8 Å². The van der Waals surface area contributed by atoms with Gasteiger partial charge in [-0.05, 0) is 25.7 Å². The van der Waals surface area contributed by atoms with Gasteiger partial charge in [-0.15, -0.1) is 11.3 Å². The second-order valence-electron chi connectivity index (χ2n) is 4.85. The minimum absolute atomic E-state index is 0.250. The van der Waals surface area contributed by atoms with Crippen LogP contribution in [0, 0.1) is 0 Å². The molecule has 2 aromatic rings. The number of carbonyl (C=O) groups excluding carboxylic acids is 1. The van der Waals surface area contributed by atoms with Crippen molar-refractivity contribution in [2.45, 2.75) is 38.5 Å². The first-order chi connectivity index (χ1) is 9.83. The molecular weight excluding hydrogens is 272 g/mol. The van der Waals surface area contributed by atoms with Gasteiger partial charge in [-0.3, -0.25) is 15.1 Å². The van der Waals surface area contributed by atoms with Crippen molar-refractivity contribution in [1.29, 1.82) is 0 Å². The summed E-state index contributed by atoms with van der Waals surface area (Å²) < 4.78 is 0. The Labute approximate surface area is 121 Å². The number of anilines is 1. The zero-order valence-electron chi connectivity index (χ0n) is 11.1. The van der Waals surface area contributed by atoms with Crippen LogP contribution in [0.15, 0.2) is 18.6 Å². The van der Waals surface area contributed by atoms with Gasteiger partial charge < -0.3 is 0 Å². The highest BCUT2D eigenvalue weighted by Crippen LogP contribution is 2.28. The Kier molecular flexibility index (Phi) is 4.01. The Morgan fingerprint density at radius 2 is 2.00 bits per heavy atom. The quantitative estimate of drug-likeness (QED) is 0.922. The van der Waals surface area contributed by atoms with Crippen molar-refractivity contribution in [3.8, 4) is 0 Å². The topological polar surface area (TPSA) is 67.8 Å². The molecule has 5 nitrogen and oxygen atoms in total. The van der Waals surface area contributed by atoms with Crippen LogP contribution in [0.25, 0.3) is 0 Å². The maximum Gasteiger partial charge on any atom is 0.277 e. The monoisotopic (exact) mass is 288 g/mol. The van der Waals surface area contributed by atoms with Crippen molar-refractivity contribution in [3.63, 3.8) is 0 Å². The fourth-order valence-corrected chi connectivity index (χ4v) is 3.38. The van der Waals surface area contributed by atoms with E-state index in [0.717, 1.165) is 18.5 Å². The van der Waals surface area contributed by atoms with Gasteiger partial charge in [-0.2, -0.15) is 0 Å². The zero-order chi connectivity index (χ0) is 13.8. The molecule has 1 amide bonds. The van der Waals surface area contributed by atoms with Crippen molar-refractivity contribution in [2.24, 2.45) is 0 Å². The van der Waals surface area contributed by atoms with Crippen LogP contribution < -0.4 is 5.32 Å². The van der Waals surface area contributed by atoms with E-state index in [1.54, 1.807) is 17.5 Å². The Hall–Kier alpha value is -1.82. The van der Waals surface area contributed by atoms with E-state index in [0.29, 0.717) is 10.8 Å². The molecule has 0 aromatic carbocycles. The summed E-state index contributed by atoms with van der Waals surface area (Å²) in [5, 5.41) is 3.50. The molecule has 6 heteroatoms. The van der Waals surface area contributed by atoms with Gasteiger partial charge in [0.1, 0.15) is 5.69 Å². The highest BCUT2D eigenvalue weighted by Gasteiger charge is 2.15. The van der Waals surface area contributed by atoms with E-state index in [4.69, 9.17) is 0 Å². The number of hydrogen-bond donors (Lipinski definition) is 1. The van der Waals surface area contributed by atoms with Gasteiger partial charge >= 0.3 is 0 Å². The second-order valence-corrected chi connectivity index (χ2v) is 5.93. The predicted molar refractivity (Wildman–Crippen MR) is 78.0 cm³/mol. The Bertz CT molecular complexity index is 571. The second kappa shape index (κ2) is 6.09. The third kappa shape index (κ3) is 3.01. The maximum absolute atomic E-state index is 12.0. The standard InChI is InChI=1S/C14H16N4OS/c19-13(11-9-15-7-8-16-11)18-14-17-10-5-3-1-2-4-6-12(10)20-14/h7-9H,1-6H2,(H,17,18,19). The molecule has 0 atom stereocenters. The molecule has 0 unspecified atom stereocenters. The van der Waals surface area contributed by atoms with Crippen molar-refractivity contribution in [1.82, 2.24) is 15.0 Å². The van der Waals surface area contributed by atoms with E-state index in [1.165, 1.54) is 43.0 Å². The summed E-state index contributed by atoms with van der Waals surface area (Å²) in [6.07, 6.45) is 11.6. The summed E-state index contributed by atoms with van der Waals surface area (Å²) >= 11 is 1.59. The molecule has 1 aliphatic rings. The number of rotatable bonds is 2. The highest BCUT2D eigenvalue weighted by molar-refractivity contribution is 7.15. The van der Waals surface area contributed by atoms with E-state index >= 15 is 0 Å². The Morgan fingerprint density at radius 1 is 1.15 bits per heavy atom. The van der Waals surface area contributed by atoms with Gasteiger partial charge in [0.25, 0.3) is 5.91 Å². The van der Waals surface area contributed by atoms with Crippen molar-refractivity contribution >= 4 is 22.4 Å². The minimum atomic E-state index is -0.250. The van der Waals surface area contributed by atoms with Crippen LogP contribution in [0.4, 0.5) is 5.13 Å². The average Bonchev–Trinajstić information content (AvgIpc) is 2.81. The lowest BCUT2D eigenvalue weighted by atomic mass is 10.0. The molecule has 0 fully saturated rings. The summed E-state index contributed by atoms with van der Waals surface area (Å²) in [5.41, 5.74) is 1.47. The first kappa shape index (κ1) is 13.2. The summed E-state index contributed by atoms with van der Waals surface area (Å²) in [4.78, 5) is 25.8. The van der Waals surface area contributed by atoms with Gasteiger partial charge in [0, 0.05) is 17.3 Å². The van der Waals surface area contributed by atoms with Crippen LogP contribution in [0.1, 0.15) is 46.7 Å². The number of aryl methyl sites for hydroxylation is 2. The molecule has 0 aliphatic heterocycles. The number of hydrogen-bond acceptors (Lipinski definition) is 5. The molecule has 2 aromatic heterocycles. The number of fused-ring (bicyclic) bond motifs is 1. The number of aromatic nitrogens is 3. The maximum atomic E-state index is 12.0. The molecule has 0 bridgehead atoms. The van der Waals surface area contributed by atoms with Crippen molar-refractivity contribution < 1.29 is 4.79 Å². The lowest BCUT2D eigenvalue weighted by Crippen LogP contribution is -2.13. The smallest absolute Gasteiger partial charge is 0.277 e. The normalized spacial score (nSPS) is 15.0. The van der Waals surface area contributed by atoms with Crippen LogP contribution in [0.5, 0.6) is 0 Å². The molecule has 1 N–H and O–H groups in total. The molecule has 20 heavy (non-hydrogen) atoms.